The van der Waals surface area contributed by atoms with Crippen LogP contribution in [0.5, 0.6) is 0 Å². The molecule has 158 valence electrons. The third-order valence-corrected chi connectivity index (χ3v) is 6.31. The smallest absolute Gasteiger partial charge is 0.255 e. The molecule has 0 aliphatic carbocycles. The average molecular weight is 432 g/mol. The lowest BCUT2D eigenvalue weighted by molar-refractivity contribution is -0.119. The van der Waals surface area contributed by atoms with Gasteiger partial charge in [-0.2, -0.15) is 0 Å². The van der Waals surface area contributed by atoms with E-state index in [1.165, 1.54) is 5.56 Å². The number of nitrogens with zero attached hydrogens (tertiary/aromatic N) is 1. The lowest BCUT2D eigenvalue weighted by Crippen LogP contribution is -2.44. The Morgan fingerprint density at radius 3 is 2.19 bits per heavy atom. The zero-order valence-electron chi connectivity index (χ0n) is 17.3. The van der Waals surface area contributed by atoms with Gasteiger partial charge in [0, 0.05) is 28.7 Å². The van der Waals surface area contributed by atoms with Crippen molar-refractivity contribution in [3.05, 3.63) is 96.1 Å². The predicted molar refractivity (Wildman–Crippen MR) is 127 cm³/mol. The fourth-order valence-corrected chi connectivity index (χ4v) is 4.71. The lowest BCUT2D eigenvalue weighted by atomic mass is 10.1. The van der Waals surface area contributed by atoms with Gasteiger partial charge in [-0.25, -0.2) is 0 Å². The Balaban J connectivity index is 1.37. The first-order valence-corrected chi connectivity index (χ1v) is 11.4. The van der Waals surface area contributed by atoms with Crippen LogP contribution in [-0.2, 0) is 4.79 Å². The van der Waals surface area contributed by atoms with Gasteiger partial charge in [0.05, 0.1) is 5.88 Å². The van der Waals surface area contributed by atoms with Crippen LogP contribution in [0.15, 0.2) is 84.9 Å². The molecule has 0 saturated carbocycles. The maximum absolute atomic E-state index is 12.9. The highest BCUT2D eigenvalue weighted by atomic mass is 32.2. The number of carbonyl (C=O) groups is 2. The quantitative estimate of drug-likeness (QED) is 0.576. The van der Waals surface area contributed by atoms with E-state index in [9.17, 15) is 9.59 Å². The van der Waals surface area contributed by atoms with Crippen molar-refractivity contribution in [1.82, 2.24) is 4.90 Å². The minimum absolute atomic E-state index is 0.111. The molecular weight excluding hydrogens is 406 g/mol. The maximum atomic E-state index is 12.9. The Hall–Kier alpha value is -3.25. The highest BCUT2D eigenvalue weighted by Gasteiger charge is 2.35. The van der Waals surface area contributed by atoms with E-state index in [1.54, 1.807) is 28.8 Å². The molecule has 1 aliphatic heterocycles. The number of carbonyl (C=O) groups excluding carboxylic acids is 2. The first-order chi connectivity index (χ1) is 15.1. The SMILES string of the molecule is C[C@@H](Nc1ccc(NC(=O)[C@@H]2CSCN2C(=O)c2ccccc2)cc1)c1ccccc1. The summed E-state index contributed by atoms with van der Waals surface area (Å²) in [7, 11) is 0. The van der Waals surface area contributed by atoms with Crippen LogP contribution in [0.1, 0.15) is 28.9 Å². The second kappa shape index (κ2) is 9.71. The molecule has 3 aromatic rings. The average Bonchev–Trinajstić information content (AvgIpc) is 3.31. The minimum atomic E-state index is -0.478. The molecule has 1 aliphatic rings. The van der Waals surface area contributed by atoms with Crippen molar-refractivity contribution in [2.45, 2.75) is 19.0 Å². The summed E-state index contributed by atoms with van der Waals surface area (Å²) in [4.78, 5) is 27.3. The molecule has 0 radical (unpaired) electrons. The van der Waals surface area contributed by atoms with Gasteiger partial charge in [-0.15, -0.1) is 11.8 Å². The number of rotatable bonds is 6. The van der Waals surface area contributed by atoms with Crippen molar-refractivity contribution in [3.8, 4) is 0 Å². The summed E-state index contributed by atoms with van der Waals surface area (Å²) in [6.07, 6.45) is 0. The van der Waals surface area contributed by atoms with Gasteiger partial charge in [0.15, 0.2) is 0 Å². The van der Waals surface area contributed by atoms with E-state index < -0.39 is 6.04 Å². The van der Waals surface area contributed by atoms with Gasteiger partial charge in [-0.1, -0.05) is 48.5 Å². The van der Waals surface area contributed by atoms with Crippen molar-refractivity contribution in [3.63, 3.8) is 0 Å². The number of amides is 2. The Morgan fingerprint density at radius 2 is 1.52 bits per heavy atom. The largest absolute Gasteiger partial charge is 0.379 e. The molecule has 1 saturated heterocycles. The number of hydrogen-bond donors (Lipinski definition) is 2. The fraction of sp³-hybridized carbons (Fsp3) is 0.200. The summed E-state index contributed by atoms with van der Waals surface area (Å²) in [5.74, 6) is 0.845. The fourth-order valence-electron chi connectivity index (χ4n) is 3.56. The van der Waals surface area contributed by atoms with E-state index in [-0.39, 0.29) is 17.9 Å². The summed E-state index contributed by atoms with van der Waals surface area (Å²) >= 11 is 1.59. The maximum Gasteiger partial charge on any atom is 0.255 e. The molecule has 2 amide bonds. The van der Waals surface area contributed by atoms with Gasteiger partial charge in [-0.3, -0.25) is 9.59 Å². The topological polar surface area (TPSA) is 61.4 Å². The van der Waals surface area contributed by atoms with Crippen LogP contribution in [0.2, 0.25) is 0 Å². The Labute approximate surface area is 186 Å². The third-order valence-electron chi connectivity index (χ3n) is 5.30. The highest BCUT2D eigenvalue weighted by Crippen LogP contribution is 2.25. The Kier molecular flexibility index (Phi) is 6.57. The van der Waals surface area contributed by atoms with Crippen molar-refractivity contribution >= 4 is 35.0 Å². The van der Waals surface area contributed by atoms with Gasteiger partial charge in [0.25, 0.3) is 5.91 Å². The van der Waals surface area contributed by atoms with Crippen LogP contribution in [-0.4, -0.2) is 34.4 Å². The van der Waals surface area contributed by atoms with Gasteiger partial charge < -0.3 is 15.5 Å². The predicted octanol–water partition coefficient (Wildman–Crippen LogP) is 5.01. The summed E-state index contributed by atoms with van der Waals surface area (Å²) in [5, 5.41) is 6.42. The molecule has 31 heavy (non-hydrogen) atoms. The molecule has 0 aromatic heterocycles. The van der Waals surface area contributed by atoms with Crippen LogP contribution in [0.25, 0.3) is 0 Å². The van der Waals surface area contributed by atoms with Crippen molar-refractivity contribution in [2.24, 2.45) is 0 Å². The number of anilines is 2. The summed E-state index contributed by atoms with van der Waals surface area (Å²) < 4.78 is 0. The van der Waals surface area contributed by atoms with Crippen molar-refractivity contribution < 1.29 is 9.59 Å². The molecule has 0 bridgehead atoms. The molecule has 2 N–H and O–H groups in total. The number of hydrogen-bond acceptors (Lipinski definition) is 4. The van der Waals surface area contributed by atoms with Crippen molar-refractivity contribution in [2.75, 3.05) is 22.3 Å². The molecule has 1 fully saturated rings. The molecular formula is C25H25N3O2S. The molecule has 0 spiro atoms. The molecule has 5 nitrogen and oxygen atoms in total. The summed E-state index contributed by atoms with van der Waals surface area (Å²) in [5.41, 5.74) is 3.51. The lowest BCUT2D eigenvalue weighted by Gasteiger charge is -2.23. The summed E-state index contributed by atoms with van der Waals surface area (Å²) in [6.45, 7) is 2.11. The van der Waals surface area contributed by atoms with E-state index >= 15 is 0 Å². The Morgan fingerprint density at radius 1 is 0.903 bits per heavy atom. The second-order valence-corrected chi connectivity index (χ2v) is 8.50. The van der Waals surface area contributed by atoms with Gasteiger partial charge in [-0.05, 0) is 48.9 Å². The molecule has 2 atom stereocenters. The van der Waals surface area contributed by atoms with E-state index in [2.05, 4.69) is 29.7 Å². The van der Waals surface area contributed by atoms with Crippen LogP contribution in [0.4, 0.5) is 11.4 Å². The molecule has 3 aromatic carbocycles. The highest BCUT2D eigenvalue weighted by molar-refractivity contribution is 7.99. The normalized spacial score (nSPS) is 16.5. The first-order valence-electron chi connectivity index (χ1n) is 10.3. The van der Waals surface area contributed by atoms with Crippen LogP contribution < -0.4 is 10.6 Å². The molecule has 0 unspecified atom stereocenters. The zero-order chi connectivity index (χ0) is 21.6. The van der Waals surface area contributed by atoms with E-state index in [4.69, 9.17) is 0 Å². The second-order valence-electron chi connectivity index (χ2n) is 7.50. The van der Waals surface area contributed by atoms with Crippen molar-refractivity contribution in [1.29, 1.82) is 0 Å². The number of benzene rings is 3. The third kappa shape index (κ3) is 5.09. The number of thioether (sulfide) groups is 1. The van der Waals surface area contributed by atoms with Gasteiger partial charge in [0.1, 0.15) is 6.04 Å². The van der Waals surface area contributed by atoms with Crippen LogP contribution in [0, 0.1) is 0 Å². The van der Waals surface area contributed by atoms with E-state index in [0.717, 1.165) is 5.69 Å². The molecule has 1 heterocycles. The van der Waals surface area contributed by atoms with E-state index in [0.29, 0.717) is 22.9 Å². The monoisotopic (exact) mass is 431 g/mol. The van der Waals surface area contributed by atoms with Gasteiger partial charge in [0.2, 0.25) is 5.91 Å². The van der Waals surface area contributed by atoms with Crippen LogP contribution in [0.3, 0.4) is 0 Å². The minimum Gasteiger partial charge on any atom is -0.379 e. The summed E-state index contributed by atoms with van der Waals surface area (Å²) in [6, 6.07) is 26.7. The standard InChI is InChI=1S/C25H25N3O2S/c1-18(19-8-4-2-5-9-19)26-21-12-14-22(15-13-21)27-24(29)23-16-31-17-28(23)25(30)20-10-6-3-7-11-20/h2-15,18,23,26H,16-17H2,1H3,(H,27,29)/t18-,23+/m1/s1. The first kappa shape index (κ1) is 21.0. The molecule has 4 rings (SSSR count). The van der Waals surface area contributed by atoms with E-state index in [1.807, 2.05) is 60.7 Å². The molecule has 6 heteroatoms. The van der Waals surface area contributed by atoms with Crippen LogP contribution >= 0.6 is 11.8 Å². The zero-order valence-corrected chi connectivity index (χ0v) is 18.1. The Bertz CT molecular complexity index is 1030. The van der Waals surface area contributed by atoms with Gasteiger partial charge >= 0.3 is 0 Å². The number of nitrogens with one attached hydrogen (secondary N) is 2.